The molecule has 0 saturated heterocycles. The van der Waals surface area contributed by atoms with Crippen LogP contribution in [0.1, 0.15) is 47.2 Å². The highest BCUT2D eigenvalue weighted by Gasteiger charge is 2.32. The van der Waals surface area contributed by atoms with Crippen LogP contribution in [0.25, 0.3) is 0 Å². The van der Waals surface area contributed by atoms with Crippen LogP contribution in [0.2, 0.25) is 10.0 Å². The van der Waals surface area contributed by atoms with E-state index < -0.39 is 11.9 Å². The fraction of sp³-hybridized carbons (Fsp3) is 0.214. The van der Waals surface area contributed by atoms with Crippen molar-refractivity contribution < 1.29 is 23.7 Å². The van der Waals surface area contributed by atoms with Crippen molar-refractivity contribution in [3.05, 3.63) is 92.8 Å². The number of nitrogens with two attached hydrogens (primary N) is 1. The molecule has 7 nitrogen and oxygen atoms in total. The Morgan fingerprint density at radius 3 is 2.62 bits per heavy atom. The predicted molar refractivity (Wildman–Crippen MR) is 141 cm³/mol. The summed E-state index contributed by atoms with van der Waals surface area (Å²) in [7, 11) is 1.56. The van der Waals surface area contributed by atoms with Gasteiger partial charge in [0.15, 0.2) is 11.5 Å². The fourth-order valence-corrected chi connectivity index (χ4v) is 4.45. The van der Waals surface area contributed by atoms with Crippen LogP contribution in [0.15, 0.2) is 66.1 Å². The fourth-order valence-electron chi connectivity index (χ4n) is 3.97. The zero-order valence-corrected chi connectivity index (χ0v) is 21.7. The molecule has 1 heterocycles. The predicted octanol–water partition coefficient (Wildman–Crippen LogP) is 6.62. The summed E-state index contributed by atoms with van der Waals surface area (Å²) in [6, 6.07) is 17.1. The Hall–Kier alpha value is -3.86. The number of nitriles is 1. The monoisotopic (exact) mass is 538 g/mol. The largest absolute Gasteiger partial charge is 0.493 e. The van der Waals surface area contributed by atoms with E-state index >= 15 is 0 Å². The van der Waals surface area contributed by atoms with Crippen molar-refractivity contribution in [1.29, 1.82) is 5.26 Å². The Morgan fingerprint density at radius 2 is 1.92 bits per heavy atom. The molecule has 1 unspecified atom stereocenters. The average Bonchev–Trinajstić information content (AvgIpc) is 2.88. The van der Waals surface area contributed by atoms with Crippen molar-refractivity contribution in [2.75, 3.05) is 13.7 Å². The van der Waals surface area contributed by atoms with Gasteiger partial charge in [-0.1, -0.05) is 48.7 Å². The van der Waals surface area contributed by atoms with Gasteiger partial charge in [0, 0.05) is 16.7 Å². The molecule has 0 amide bonds. The third-order valence-corrected chi connectivity index (χ3v) is 6.38. The van der Waals surface area contributed by atoms with Crippen molar-refractivity contribution in [3.63, 3.8) is 0 Å². The maximum Gasteiger partial charge on any atom is 0.345 e. The molecule has 0 spiro atoms. The molecule has 2 N–H and O–H groups in total. The first kappa shape index (κ1) is 26.2. The van der Waals surface area contributed by atoms with Gasteiger partial charge >= 0.3 is 5.97 Å². The lowest BCUT2D eigenvalue weighted by Crippen LogP contribution is -2.21. The number of esters is 1. The maximum absolute atomic E-state index is 12.7. The van der Waals surface area contributed by atoms with Crippen molar-refractivity contribution in [1.82, 2.24) is 0 Å². The van der Waals surface area contributed by atoms with Gasteiger partial charge < -0.3 is 24.7 Å². The number of carbonyl (C=O) groups excluding carboxylic acids is 1. The van der Waals surface area contributed by atoms with Gasteiger partial charge in [0.1, 0.15) is 23.1 Å². The van der Waals surface area contributed by atoms with Gasteiger partial charge in [-0.15, -0.1) is 0 Å². The molecule has 37 heavy (non-hydrogen) atoms. The molecule has 3 aromatic carbocycles. The molecule has 1 aliphatic rings. The molecule has 0 aromatic heterocycles. The standard InChI is InChI=1S/C28H24Cl2N2O5/c1-3-4-11-35-23-10-5-16(12-25(23)34-2)26-20-9-7-18(14-24(20)37-27(32)21(26)15-31)36-28(33)19-8-6-17(29)13-22(19)30/h5-10,12-14,26H,3-4,11,32H2,1-2H3. The number of ether oxygens (including phenoxy) is 4. The second-order valence-corrected chi connectivity index (χ2v) is 9.09. The summed E-state index contributed by atoms with van der Waals surface area (Å²) in [6.07, 6.45) is 1.94. The zero-order chi connectivity index (χ0) is 26.5. The topological polar surface area (TPSA) is 104 Å². The number of halogens is 2. The smallest absolute Gasteiger partial charge is 0.345 e. The number of unbranched alkanes of at least 4 members (excludes halogenated alkanes) is 1. The molecule has 4 rings (SSSR count). The third-order valence-electron chi connectivity index (χ3n) is 5.83. The number of methoxy groups -OCH3 is 1. The minimum atomic E-state index is -0.654. The molecule has 0 aliphatic carbocycles. The summed E-state index contributed by atoms with van der Waals surface area (Å²) >= 11 is 12.0. The minimum Gasteiger partial charge on any atom is -0.493 e. The van der Waals surface area contributed by atoms with Crippen molar-refractivity contribution in [2.45, 2.75) is 25.7 Å². The quantitative estimate of drug-likeness (QED) is 0.195. The molecule has 0 bridgehead atoms. The molecule has 0 saturated carbocycles. The van der Waals surface area contributed by atoms with Crippen LogP contribution in [0.4, 0.5) is 0 Å². The van der Waals surface area contributed by atoms with Gasteiger partial charge in [-0.25, -0.2) is 4.79 Å². The second-order valence-electron chi connectivity index (χ2n) is 8.25. The van der Waals surface area contributed by atoms with Crippen molar-refractivity contribution >= 4 is 29.2 Å². The van der Waals surface area contributed by atoms with E-state index in [0.29, 0.717) is 34.4 Å². The molecule has 0 radical (unpaired) electrons. The zero-order valence-electron chi connectivity index (χ0n) is 20.2. The molecule has 1 atom stereocenters. The number of rotatable bonds is 8. The third kappa shape index (κ3) is 5.61. The molecule has 0 fully saturated rings. The van der Waals surface area contributed by atoms with Crippen molar-refractivity contribution in [2.24, 2.45) is 5.73 Å². The highest BCUT2D eigenvalue weighted by Crippen LogP contribution is 2.45. The van der Waals surface area contributed by atoms with Gasteiger partial charge in [-0.3, -0.25) is 0 Å². The van der Waals surface area contributed by atoms with Gasteiger partial charge in [-0.05, 0) is 48.4 Å². The van der Waals surface area contributed by atoms with Crippen LogP contribution in [0.5, 0.6) is 23.0 Å². The first-order chi connectivity index (χ1) is 17.9. The Bertz CT molecular complexity index is 1410. The Morgan fingerprint density at radius 1 is 1.11 bits per heavy atom. The molecule has 190 valence electrons. The summed E-state index contributed by atoms with van der Waals surface area (Å²) in [5.74, 6) is 0.525. The SMILES string of the molecule is CCCCOc1ccc(C2C(C#N)=C(N)Oc3cc(OC(=O)c4ccc(Cl)cc4Cl)ccc32)cc1OC. The van der Waals surface area contributed by atoms with Crippen LogP contribution >= 0.6 is 23.2 Å². The van der Waals surface area contributed by atoms with E-state index in [2.05, 4.69) is 13.0 Å². The molecular formula is C28H24Cl2N2O5. The second kappa shape index (κ2) is 11.5. The summed E-state index contributed by atoms with van der Waals surface area (Å²) in [4.78, 5) is 12.7. The summed E-state index contributed by atoms with van der Waals surface area (Å²) in [5.41, 5.74) is 8.00. The van der Waals surface area contributed by atoms with E-state index in [9.17, 15) is 10.1 Å². The van der Waals surface area contributed by atoms with E-state index in [1.807, 2.05) is 18.2 Å². The summed E-state index contributed by atoms with van der Waals surface area (Å²) in [5, 5.41) is 10.5. The van der Waals surface area contributed by atoms with E-state index in [1.54, 1.807) is 31.4 Å². The van der Waals surface area contributed by atoms with E-state index in [-0.39, 0.29) is 27.8 Å². The average molecular weight is 539 g/mol. The number of benzene rings is 3. The number of fused-ring (bicyclic) bond motifs is 1. The number of carbonyl (C=O) groups is 1. The van der Waals surface area contributed by atoms with Gasteiger partial charge in [0.2, 0.25) is 5.88 Å². The Labute approximate surface area is 224 Å². The first-order valence-corrected chi connectivity index (χ1v) is 12.3. The van der Waals surface area contributed by atoms with Gasteiger partial charge in [0.05, 0.1) is 30.2 Å². The normalized spacial score (nSPS) is 14.3. The summed E-state index contributed by atoms with van der Waals surface area (Å²) in [6.45, 7) is 2.66. The van der Waals surface area contributed by atoms with Crippen LogP contribution in [-0.2, 0) is 0 Å². The number of hydrogen-bond acceptors (Lipinski definition) is 7. The van der Waals surface area contributed by atoms with Crippen LogP contribution < -0.4 is 24.7 Å². The maximum atomic E-state index is 12.7. The van der Waals surface area contributed by atoms with Crippen molar-refractivity contribution in [3.8, 4) is 29.1 Å². The van der Waals surface area contributed by atoms with Gasteiger partial charge in [-0.2, -0.15) is 5.26 Å². The lowest BCUT2D eigenvalue weighted by atomic mass is 9.83. The van der Waals surface area contributed by atoms with E-state index in [0.717, 1.165) is 18.4 Å². The first-order valence-electron chi connectivity index (χ1n) is 11.6. The van der Waals surface area contributed by atoms with Crippen LogP contribution in [0, 0.1) is 11.3 Å². The lowest BCUT2D eigenvalue weighted by molar-refractivity contribution is 0.0734. The summed E-state index contributed by atoms with van der Waals surface area (Å²) < 4.78 is 22.6. The van der Waals surface area contributed by atoms with E-state index in [4.69, 9.17) is 47.9 Å². The molecule has 3 aromatic rings. The van der Waals surface area contributed by atoms with Gasteiger partial charge in [0.25, 0.3) is 0 Å². The highest BCUT2D eigenvalue weighted by atomic mass is 35.5. The van der Waals surface area contributed by atoms with Crippen LogP contribution in [-0.4, -0.2) is 19.7 Å². The highest BCUT2D eigenvalue weighted by molar-refractivity contribution is 6.36. The lowest BCUT2D eigenvalue weighted by Gasteiger charge is -2.27. The molecule has 1 aliphatic heterocycles. The molecular weight excluding hydrogens is 515 g/mol. The Kier molecular flexibility index (Phi) is 8.12. The Balaban J connectivity index is 1.67. The minimum absolute atomic E-state index is 0.0357. The number of allylic oxidation sites excluding steroid dienone is 1. The number of nitrogens with zero attached hydrogens (tertiary/aromatic N) is 1. The number of hydrogen-bond donors (Lipinski definition) is 1. The van der Waals surface area contributed by atoms with E-state index in [1.165, 1.54) is 12.1 Å². The van der Waals surface area contributed by atoms with Crippen LogP contribution in [0.3, 0.4) is 0 Å². The molecule has 9 heteroatoms.